The normalized spacial score (nSPS) is 20.2. The first-order valence-corrected chi connectivity index (χ1v) is 5.10. The highest BCUT2D eigenvalue weighted by Gasteiger charge is 2.59. The molecule has 0 aliphatic heterocycles. The van der Waals surface area contributed by atoms with E-state index in [-0.39, 0.29) is 5.75 Å². The van der Waals surface area contributed by atoms with Crippen LogP contribution in [-0.2, 0) is 4.74 Å². The van der Waals surface area contributed by atoms with Crippen molar-refractivity contribution >= 4 is 12.6 Å². The Hall–Kier alpha value is -0.110. The molecule has 0 saturated heterocycles. The summed E-state index contributed by atoms with van der Waals surface area (Å²) >= 11 is 3.87. The second kappa shape index (κ2) is 4.29. The van der Waals surface area contributed by atoms with Crippen molar-refractivity contribution < 1.29 is 31.1 Å². The fourth-order valence-electron chi connectivity index (χ4n) is 1.16. The quantitative estimate of drug-likeness (QED) is 0.608. The van der Waals surface area contributed by atoms with E-state index in [4.69, 9.17) is 0 Å². The summed E-state index contributed by atoms with van der Waals surface area (Å²) in [6.45, 7) is -0.555. The van der Waals surface area contributed by atoms with Gasteiger partial charge in [-0.25, -0.2) is 0 Å². The molecule has 0 atom stereocenters. The van der Waals surface area contributed by atoms with Crippen LogP contribution < -0.4 is 0 Å². The van der Waals surface area contributed by atoms with E-state index in [1.807, 2.05) is 0 Å². The minimum absolute atomic E-state index is 0.232. The van der Waals surface area contributed by atoms with Crippen molar-refractivity contribution in [2.75, 3.05) is 12.4 Å². The summed E-state index contributed by atoms with van der Waals surface area (Å²) in [5.74, 6) is 0.232. The van der Waals surface area contributed by atoms with Crippen molar-refractivity contribution in [1.82, 2.24) is 0 Å². The molecule has 1 nitrogen and oxygen atoms in total. The van der Waals surface area contributed by atoms with Crippen LogP contribution >= 0.6 is 12.6 Å². The maximum absolute atomic E-state index is 12.1. The van der Waals surface area contributed by atoms with Gasteiger partial charge in [0.15, 0.2) is 0 Å². The predicted octanol–water partition coefficient (Wildman–Crippen LogP) is 3.21. The Morgan fingerprint density at radius 1 is 1.06 bits per heavy atom. The number of hydrogen-bond donors (Lipinski definition) is 1. The van der Waals surface area contributed by atoms with Crippen LogP contribution in [0.25, 0.3) is 0 Å². The third-order valence-electron chi connectivity index (χ3n) is 2.44. The molecule has 96 valence electrons. The first kappa shape index (κ1) is 14.0. The topological polar surface area (TPSA) is 9.23 Å². The Bertz CT molecular complexity index is 230. The van der Waals surface area contributed by atoms with E-state index in [0.717, 1.165) is 0 Å². The van der Waals surface area contributed by atoms with Crippen LogP contribution in [0.1, 0.15) is 12.8 Å². The lowest BCUT2D eigenvalue weighted by molar-refractivity contribution is -0.323. The zero-order chi connectivity index (χ0) is 12.6. The lowest BCUT2D eigenvalue weighted by atomic mass is 10.1. The third kappa shape index (κ3) is 3.44. The van der Waals surface area contributed by atoms with Crippen LogP contribution in [0.5, 0.6) is 0 Å². The van der Waals surface area contributed by atoms with Gasteiger partial charge in [0.2, 0.25) is 6.10 Å². The Morgan fingerprint density at radius 2 is 1.50 bits per heavy atom. The average molecular weight is 268 g/mol. The van der Waals surface area contributed by atoms with E-state index >= 15 is 0 Å². The first-order valence-electron chi connectivity index (χ1n) is 4.47. The summed E-state index contributed by atoms with van der Waals surface area (Å²) in [6.07, 6.45) is -13.4. The van der Waals surface area contributed by atoms with E-state index in [1.54, 1.807) is 0 Å². The number of alkyl halides is 6. The molecule has 0 aromatic rings. The molecular weight excluding hydrogens is 258 g/mol. The first-order chi connectivity index (χ1) is 7.11. The summed E-state index contributed by atoms with van der Waals surface area (Å²) in [6, 6.07) is 0. The average Bonchev–Trinajstić information content (AvgIpc) is 2.80. The Balaban J connectivity index is 2.59. The van der Waals surface area contributed by atoms with Crippen LogP contribution in [0.3, 0.4) is 0 Å². The Labute approximate surface area is 93.5 Å². The Kier molecular flexibility index (Phi) is 3.74. The molecular formula is C8H10F6OS. The molecule has 1 rings (SSSR count). The van der Waals surface area contributed by atoms with Gasteiger partial charge in [0.25, 0.3) is 0 Å². The van der Waals surface area contributed by atoms with E-state index in [9.17, 15) is 26.3 Å². The van der Waals surface area contributed by atoms with Crippen molar-refractivity contribution in [3.8, 4) is 0 Å². The zero-order valence-electron chi connectivity index (χ0n) is 8.03. The zero-order valence-corrected chi connectivity index (χ0v) is 8.92. The highest BCUT2D eigenvalue weighted by Crippen LogP contribution is 2.48. The molecule has 0 amide bonds. The number of thiol groups is 1. The van der Waals surface area contributed by atoms with Gasteiger partial charge in [-0.15, -0.1) is 0 Å². The number of halogens is 6. The predicted molar refractivity (Wildman–Crippen MR) is 47.4 cm³/mol. The maximum atomic E-state index is 12.1. The molecule has 16 heavy (non-hydrogen) atoms. The van der Waals surface area contributed by atoms with Gasteiger partial charge < -0.3 is 4.74 Å². The molecule has 8 heteroatoms. The number of ether oxygens (including phenoxy) is 1. The van der Waals surface area contributed by atoms with E-state index in [0.29, 0.717) is 12.8 Å². The number of hydrogen-bond acceptors (Lipinski definition) is 2. The highest BCUT2D eigenvalue weighted by atomic mass is 32.1. The van der Waals surface area contributed by atoms with Gasteiger partial charge in [0.05, 0.1) is 6.61 Å². The minimum atomic E-state index is -5.43. The summed E-state index contributed by atoms with van der Waals surface area (Å²) < 4.78 is 76.3. The van der Waals surface area contributed by atoms with Crippen molar-refractivity contribution in [2.24, 2.45) is 5.41 Å². The van der Waals surface area contributed by atoms with Crippen LogP contribution in [0, 0.1) is 5.41 Å². The highest BCUT2D eigenvalue weighted by molar-refractivity contribution is 7.80. The Morgan fingerprint density at radius 3 is 1.75 bits per heavy atom. The summed E-state index contributed by atoms with van der Waals surface area (Å²) in [5, 5.41) is 0. The molecule has 0 heterocycles. The van der Waals surface area contributed by atoms with Gasteiger partial charge in [-0.3, -0.25) is 0 Å². The molecule has 1 saturated carbocycles. The van der Waals surface area contributed by atoms with Gasteiger partial charge in [-0.05, 0) is 18.6 Å². The molecule has 0 aromatic heterocycles. The lowest BCUT2D eigenvalue weighted by Gasteiger charge is -2.25. The number of rotatable bonds is 4. The summed E-state index contributed by atoms with van der Waals surface area (Å²) in [7, 11) is 0. The van der Waals surface area contributed by atoms with Gasteiger partial charge in [0.1, 0.15) is 0 Å². The summed E-state index contributed by atoms with van der Waals surface area (Å²) in [4.78, 5) is 0. The third-order valence-corrected chi connectivity index (χ3v) is 3.11. The van der Waals surface area contributed by atoms with Crippen molar-refractivity contribution in [3.05, 3.63) is 0 Å². The van der Waals surface area contributed by atoms with Crippen LogP contribution in [0.4, 0.5) is 26.3 Å². The van der Waals surface area contributed by atoms with Gasteiger partial charge in [-0.1, -0.05) is 0 Å². The van der Waals surface area contributed by atoms with Gasteiger partial charge >= 0.3 is 12.4 Å². The van der Waals surface area contributed by atoms with Crippen LogP contribution in [-0.4, -0.2) is 30.8 Å². The molecule has 0 radical (unpaired) electrons. The summed E-state index contributed by atoms with van der Waals surface area (Å²) in [5.41, 5.74) is -0.599. The SMILES string of the molecule is FC(F)(F)C(OCC1(CS)CC1)C(F)(F)F. The lowest BCUT2D eigenvalue weighted by Crippen LogP contribution is -2.45. The fraction of sp³-hybridized carbons (Fsp3) is 1.00. The molecule has 0 unspecified atom stereocenters. The molecule has 1 aliphatic rings. The standard InChI is InChI=1S/C8H10F6OS/c9-7(10,11)5(8(12,13)14)15-3-6(4-16)1-2-6/h5,16H,1-4H2. The van der Waals surface area contributed by atoms with Crippen LogP contribution in [0.2, 0.25) is 0 Å². The smallest absolute Gasteiger partial charge is 0.360 e. The molecule has 0 spiro atoms. The maximum Gasteiger partial charge on any atom is 0.423 e. The van der Waals surface area contributed by atoms with E-state index in [2.05, 4.69) is 17.4 Å². The second-order valence-corrected chi connectivity index (χ2v) is 4.25. The van der Waals surface area contributed by atoms with Crippen LogP contribution in [0.15, 0.2) is 0 Å². The second-order valence-electron chi connectivity index (χ2n) is 3.93. The van der Waals surface area contributed by atoms with Gasteiger partial charge in [0, 0.05) is 5.41 Å². The molecule has 0 aromatic carbocycles. The van der Waals surface area contributed by atoms with Crippen molar-refractivity contribution in [3.63, 3.8) is 0 Å². The monoisotopic (exact) mass is 268 g/mol. The minimum Gasteiger partial charge on any atom is -0.360 e. The molecule has 1 fully saturated rings. The van der Waals surface area contributed by atoms with E-state index in [1.165, 1.54) is 0 Å². The van der Waals surface area contributed by atoms with Gasteiger partial charge in [-0.2, -0.15) is 39.0 Å². The van der Waals surface area contributed by atoms with E-state index < -0.39 is 30.5 Å². The molecule has 0 N–H and O–H groups in total. The van der Waals surface area contributed by atoms with Crippen molar-refractivity contribution in [1.29, 1.82) is 0 Å². The largest absolute Gasteiger partial charge is 0.423 e. The van der Waals surface area contributed by atoms with Crippen molar-refractivity contribution in [2.45, 2.75) is 31.3 Å². The fourth-order valence-corrected chi connectivity index (χ4v) is 1.57. The molecule has 1 aliphatic carbocycles. The molecule has 0 bridgehead atoms.